The Labute approximate surface area is 85.9 Å². The average molecular weight is 246 g/mol. The Bertz CT molecular complexity index is 212. The van der Waals surface area contributed by atoms with Crippen molar-refractivity contribution in [1.82, 2.24) is 0 Å². The van der Waals surface area contributed by atoms with E-state index in [1.807, 2.05) is 24.3 Å². The summed E-state index contributed by atoms with van der Waals surface area (Å²) in [6, 6.07) is 7.78. The van der Waals surface area contributed by atoms with Crippen molar-refractivity contribution in [2.24, 2.45) is 0 Å². The van der Waals surface area contributed by atoms with Crippen molar-refractivity contribution in [2.45, 2.75) is 4.90 Å². The second-order valence-electron chi connectivity index (χ2n) is 1.82. The third kappa shape index (κ3) is 2.98. The molecule has 0 unspecified atom stereocenters. The van der Waals surface area contributed by atoms with E-state index in [4.69, 9.17) is 7.00 Å². The van der Waals surface area contributed by atoms with E-state index < -0.39 is 0 Å². The minimum atomic E-state index is 0.906. The number of hydrogen-bond donors (Lipinski definition) is 0. The van der Waals surface area contributed by atoms with E-state index in [1.54, 1.807) is 7.11 Å². The molecule has 0 spiro atoms. The van der Waals surface area contributed by atoms with E-state index in [9.17, 15) is 0 Å². The standard InChI is InChI=1S/C7H8O2S.Zr/c1-9-10-7-4-2-6(8)3-5-7;/h2-5,8H,1H3;/q;+1/p-1. The zero-order valence-electron chi connectivity index (χ0n) is 6.03. The van der Waals surface area contributed by atoms with Crippen molar-refractivity contribution < 1.29 is 32.2 Å². The molecule has 0 saturated carbocycles. The number of hydrogen-bond acceptors (Lipinski definition) is 3. The molecule has 0 amide bonds. The van der Waals surface area contributed by atoms with Gasteiger partial charge in [0.1, 0.15) is 0 Å². The molecule has 0 aliphatic rings. The van der Waals surface area contributed by atoms with Gasteiger partial charge in [0.25, 0.3) is 0 Å². The molecule has 0 aliphatic carbocycles. The first-order valence-corrected chi connectivity index (χ1v) is 4.75. The molecule has 0 radical (unpaired) electrons. The van der Waals surface area contributed by atoms with Gasteiger partial charge in [0.05, 0.1) is 0 Å². The third-order valence-electron chi connectivity index (χ3n) is 1.12. The Morgan fingerprint density at radius 3 is 2.36 bits per heavy atom. The third-order valence-corrected chi connectivity index (χ3v) is 2.33. The van der Waals surface area contributed by atoms with Crippen LogP contribution in [0.15, 0.2) is 29.2 Å². The number of benzene rings is 1. The van der Waals surface area contributed by atoms with Crippen molar-refractivity contribution >= 4 is 12.0 Å². The molecule has 1 aromatic rings. The monoisotopic (exact) mass is 245 g/mol. The molecule has 4 heteroatoms. The molecular weight excluding hydrogens is 239 g/mol. The summed E-state index contributed by atoms with van der Waals surface area (Å²) in [6.07, 6.45) is 0. The first-order valence-electron chi connectivity index (χ1n) is 3.01. The van der Waals surface area contributed by atoms with Crippen LogP contribution in [-0.4, -0.2) is 7.11 Å². The maximum absolute atomic E-state index is 5.09. The Balaban J connectivity index is 2.66. The molecule has 11 heavy (non-hydrogen) atoms. The molecule has 0 saturated heterocycles. The maximum atomic E-state index is 5.09. The summed E-state index contributed by atoms with van der Waals surface area (Å²) >= 11 is 2.41. The van der Waals surface area contributed by atoms with E-state index in [1.165, 1.54) is 12.0 Å². The van der Waals surface area contributed by atoms with E-state index in [0.29, 0.717) is 0 Å². The van der Waals surface area contributed by atoms with Crippen LogP contribution < -0.4 is 2.81 Å². The van der Waals surface area contributed by atoms with Crippen LogP contribution in [0.3, 0.4) is 0 Å². The van der Waals surface area contributed by atoms with Gasteiger partial charge in [-0.05, 0) is 0 Å². The van der Waals surface area contributed by atoms with Crippen LogP contribution in [0, 0.1) is 0 Å². The first kappa shape index (κ1) is 9.30. The van der Waals surface area contributed by atoms with Gasteiger partial charge in [0.15, 0.2) is 0 Å². The summed E-state index contributed by atoms with van der Waals surface area (Å²) in [7, 11) is 1.65. The van der Waals surface area contributed by atoms with Gasteiger partial charge in [-0.15, -0.1) is 0 Å². The molecule has 0 bridgehead atoms. The summed E-state index contributed by atoms with van der Waals surface area (Å²) in [5.41, 5.74) is 0. The fourth-order valence-electron chi connectivity index (χ4n) is 0.659. The van der Waals surface area contributed by atoms with Crippen LogP contribution in [0.25, 0.3) is 0 Å². The first-order chi connectivity index (χ1) is 5.36. The van der Waals surface area contributed by atoms with Crippen LogP contribution >= 0.6 is 12.0 Å². The van der Waals surface area contributed by atoms with Gasteiger partial charge in [-0.2, -0.15) is 0 Å². The molecule has 0 heterocycles. The quantitative estimate of drug-likeness (QED) is 0.762. The van der Waals surface area contributed by atoms with Crippen LogP contribution in [-0.2, 0) is 29.3 Å². The molecule has 2 nitrogen and oxygen atoms in total. The SMILES string of the molecule is COSc1ccc([O][Zr])cc1. The Kier molecular flexibility index (Phi) is 4.20. The second kappa shape index (κ2) is 4.97. The molecule has 0 aromatic heterocycles. The number of rotatable bonds is 3. The van der Waals surface area contributed by atoms with Gasteiger partial charge in [0.2, 0.25) is 0 Å². The van der Waals surface area contributed by atoms with Crippen LogP contribution in [0.2, 0.25) is 0 Å². The molecule has 1 aromatic carbocycles. The van der Waals surface area contributed by atoms with E-state index in [-0.39, 0.29) is 0 Å². The van der Waals surface area contributed by atoms with Crippen molar-refractivity contribution in [3.63, 3.8) is 0 Å². The van der Waals surface area contributed by atoms with Crippen molar-refractivity contribution in [2.75, 3.05) is 7.11 Å². The fraction of sp³-hybridized carbons (Fsp3) is 0.143. The Morgan fingerprint density at radius 1 is 1.27 bits per heavy atom. The predicted molar refractivity (Wildman–Crippen MR) is 39.9 cm³/mol. The van der Waals surface area contributed by atoms with Crippen LogP contribution in [0.4, 0.5) is 0 Å². The van der Waals surface area contributed by atoms with E-state index in [2.05, 4.69) is 0 Å². The minimum absolute atomic E-state index is 0.906. The van der Waals surface area contributed by atoms with E-state index in [0.717, 1.165) is 35.8 Å². The molecular formula is C7H7O2SZr. The molecule has 57 valence electrons. The summed E-state index contributed by atoms with van der Waals surface area (Å²) in [5.74, 6) is 0.906. The summed E-state index contributed by atoms with van der Waals surface area (Å²) in [4.78, 5) is 1.09. The zero-order valence-corrected chi connectivity index (χ0v) is 9.31. The van der Waals surface area contributed by atoms with Crippen molar-refractivity contribution in [1.29, 1.82) is 0 Å². The Hall–Kier alpha value is 0.213. The summed E-state index contributed by atoms with van der Waals surface area (Å²) in [5, 5.41) is 0. The van der Waals surface area contributed by atoms with Gasteiger partial charge in [-0.1, -0.05) is 0 Å². The Morgan fingerprint density at radius 2 is 1.91 bits per heavy atom. The molecule has 0 aliphatic heterocycles. The van der Waals surface area contributed by atoms with Gasteiger partial charge in [0, 0.05) is 0 Å². The van der Waals surface area contributed by atoms with Crippen LogP contribution in [0.1, 0.15) is 0 Å². The van der Waals surface area contributed by atoms with Crippen LogP contribution in [0.5, 0.6) is 5.75 Å². The van der Waals surface area contributed by atoms with Crippen molar-refractivity contribution in [3.8, 4) is 5.75 Å². The molecule has 0 atom stereocenters. The van der Waals surface area contributed by atoms with Gasteiger partial charge < -0.3 is 0 Å². The molecule has 1 rings (SSSR count). The normalized spacial score (nSPS) is 9.45. The predicted octanol–water partition coefficient (Wildman–Crippen LogP) is 2.18. The molecule has 0 fully saturated rings. The zero-order chi connectivity index (χ0) is 8.10. The summed E-state index contributed by atoms with van der Waals surface area (Å²) < 4.78 is 9.97. The van der Waals surface area contributed by atoms with Gasteiger partial charge >= 0.3 is 86.2 Å². The molecule has 0 N–H and O–H groups in total. The average Bonchev–Trinajstić information content (AvgIpc) is 2.07. The topological polar surface area (TPSA) is 18.5 Å². The van der Waals surface area contributed by atoms with Gasteiger partial charge in [-0.25, -0.2) is 0 Å². The van der Waals surface area contributed by atoms with Gasteiger partial charge in [-0.3, -0.25) is 0 Å². The summed E-state index contributed by atoms with van der Waals surface area (Å²) in [6.45, 7) is 0. The fourth-order valence-corrected chi connectivity index (χ4v) is 1.43. The van der Waals surface area contributed by atoms with E-state index >= 15 is 0 Å². The van der Waals surface area contributed by atoms with Crippen molar-refractivity contribution in [3.05, 3.63) is 24.3 Å². The second-order valence-corrected chi connectivity index (χ2v) is 3.30.